The van der Waals surface area contributed by atoms with Crippen molar-refractivity contribution < 1.29 is 4.79 Å². The van der Waals surface area contributed by atoms with Gasteiger partial charge < -0.3 is 4.57 Å². The van der Waals surface area contributed by atoms with Crippen LogP contribution in [-0.4, -0.2) is 10.5 Å². The third-order valence-corrected chi connectivity index (χ3v) is 5.53. The topological polar surface area (TPSA) is 34.4 Å². The first-order valence-corrected chi connectivity index (χ1v) is 9.52. The van der Waals surface area contributed by atoms with Gasteiger partial charge in [-0.05, 0) is 42.0 Å². The van der Waals surface area contributed by atoms with E-state index in [1.165, 1.54) is 11.3 Å². The van der Waals surface area contributed by atoms with E-state index in [9.17, 15) is 4.79 Å². The van der Waals surface area contributed by atoms with Gasteiger partial charge in [0.05, 0.1) is 0 Å². The van der Waals surface area contributed by atoms with Crippen molar-refractivity contribution in [2.75, 3.05) is 0 Å². The number of carbonyl (C=O) groups is 1. The molecule has 3 aromatic rings. The van der Waals surface area contributed by atoms with Gasteiger partial charge in [0.2, 0.25) is 0 Å². The summed E-state index contributed by atoms with van der Waals surface area (Å²) in [7, 11) is 1.88. The lowest BCUT2D eigenvalue weighted by atomic mass is 10.1. The molecule has 0 unspecified atom stereocenters. The predicted octanol–water partition coefficient (Wildman–Crippen LogP) is 4.77. The summed E-state index contributed by atoms with van der Waals surface area (Å²) in [6.07, 6.45) is 1.88. The van der Waals surface area contributed by atoms with Crippen molar-refractivity contribution in [2.24, 2.45) is 12.0 Å². The maximum atomic E-state index is 12.3. The van der Waals surface area contributed by atoms with Crippen LogP contribution in [0.5, 0.6) is 0 Å². The van der Waals surface area contributed by atoms with Crippen molar-refractivity contribution in [2.45, 2.75) is 10.6 Å². The molecule has 0 spiro atoms. The van der Waals surface area contributed by atoms with Crippen LogP contribution >= 0.6 is 34.7 Å². The quantitative estimate of drug-likeness (QED) is 0.616. The van der Waals surface area contributed by atoms with Gasteiger partial charge in [-0.2, -0.15) is 4.99 Å². The first-order valence-electron chi connectivity index (χ1n) is 7.28. The van der Waals surface area contributed by atoms with Crippen molar-refractivity contribution in [3.05, 3.63) is 81.1 Å². The van der Waals surface area contributed by atoms with Crippen LogP contribution in [0.25, 0.3) is 0 Å². The summed E-state index contributed by atoms with van der Waals surface area (Å²) in [5.74, 6) is 0.571. The van der Waals surface area contributed by atoms with Crippen molar-refractivity contribution in [3.8, 4) is 0 Å². The zero-order valence-electron chi connectivity index (χ0n) is 13.0. The Morgan fingerprint density at radius 2 is 2.04 bits per heavy atom. The Morgan fingerprint density at radius 3 is 2.75 bits per heavy atom. The molecule has 122 valence electrons. The molecule has 0 saturated heterocycles. The normalized spacial score (nSPS) is 11.7. The van der Waals surface area contributed by atoms with Crippen LogP contribution in [-0.2, 0) is 12.8 Å². The molecule has 0 bridgehead atoms. The Hall–Kier alpha value is -1.82. The zero-order valence-corrected chi connectivity index (χ0v) is 15.4. The van der Waals surface area contributed by atoms with E-state index in [4.69, 9.17) is 11.6 Å². The second-order valence-corrected chi connectivity index (χ2v) is 7.51. The highest BCUT2D eigenvalue weighted by Gasteiger charge is 2.06. The zero-order chi connectivity index (χ0) is 16.9. The van der Waals surface area contributed by atoms with Gasteiger partial charge in [0, 0.05) is 39.9 Å². The van der Waals surface area contributed by atoms with Crippen LogP contribution in [0, 0.1) is 0 Å². The van der Waals surface area contributed by atoms with Crippen LogP contribution in [0.2, 0.25) is 5.02 Å². The van der Waals surface area contributed by atoms with Crippen LogP contribution in [0.1, 0.15) is 15.9 Å². The van der Waals surface area contributed by atoms with Crippen LogP contribution < -0.4 is 4.80 Å². The second kappa shape index (κ2) is 7.83. The minimum Gasteiger partial charge on any atom is -0.327 e. The molecule has 24 heavy (non-hydrogen) atoms. The molecular weight excluding hydrogens is 360 g/mol. The molecule has 0 atom stereocenters. The second-order valence-electron chi connectivity index (χ2n) is 5.16. The van der Waals surface area contributed by atoms with Gasteiger partial charge in [0.15, 0.2) is 4.80 Å². The first kappa shape index (κ1) is 17.0. The minimum absolute atomic E-state index is 0.216. The number of rotatable bonds is 4. The number of thioether (sulfide) groups is 1. The van der Waals surface area contributed by atoms with E-state index < -0.39 is 0 Å². The lowest BCUT2D eigenvalue weighted by Gasteiger charge is -2.04. The Balaban J connectivity index is 1.73. The molecule has 2 aromatic carbocycles. The third-order valence-electron chi connectivity index (χ3n) is 3.35. The van der Waals surface area contributed by atoms with E-state index in [-0.39, 0.29) is 5.91 Å². The number of amides is 1. The molecule has 0 fully saturated rings. The maximum Gasteiger partial charge on any atom is 0.279 e. The lowest BCUT2D eigenvalue weighted by molar-refractivity contribution is 0.0998. The molecule has 0 aliphatic rings. The highest BCUT2D eigenvalue weighted by atomic mass is 35.5. The molecule has 0 saturated carbocycles. The van der Waals surface area contributed by atoms with Crippen molar-refractivity contribution in [1.29, 1.82) is 0 Å². The Morgan fingerprint density at radius 1 is 1.25 bits per heavy atom. The summed E-state index contributed by atoms with van der Waals surface area (Å²) in [5.41, 5.74) is 1.70. The average molecular weight is 375 g/mol. The van der Waals surface area contributed by atoms with E-state index >= 15 is 0 Å². The number of hydrogen-bond acceptors (Lipinski definition) is 3. The molecule has 1 heterocycles. The number of aromatic nitrogens is 1. The molecule has 1 aromatic heterocycles. The summed E-state index contributed by atoms with van der Waals surface area (Å²) in [5, 5.41) is 2.64. The van der Waals surface area contributed by atoms with Crippen molar-refractivity contribution in [1.82, 2.24) is 4.57 Å². The van der Waals surface area contributed by atoms with Gasteiger partial charge in [-0.1, -0.05) is 23.7 Å². The fourth-order valence-electron chi connectivity index (χ4n) is 2.08. The maximum absolute atomic E-state index is 12.3. The van der Waals surface area contributed by atoms with E-state index in [1.54, 1.807) is 17.8 Å². The van der Waals surface area contributed by atoms with Gasteiger partial charge in [-0.25, -0.2) is 0 Å². The SMILES string of the molecule is Cn1ccsc1=NC(=O)c1cccc(CSc2ccc(Cl)cc2)c1. The van der Waals surface area contributed by atoms with Gasteiger partial charge >= 0.3 is 0 Å². The molecule has 6 heteroatoms. The monoisotopic (exact) mass is 374 g/mol. The predicted molar refractivity (Wildman–Crippen MR) is 101 cm³/mol. The number of aryl methyl sites for hydroxylation is 1. The van der Waals surface area contributed by atoms with Gasteiger partial charge in [0.25, 0.3) is 5.91 Å². The van der Waals surface area contributed by atoms with E-state index in [1.807, 2.05) is 65.7 Å². The molecule has 0 N–H and O–H groups in total. The first-order chi connectivity index (χ1) is 11.6. The number of halogens is 1. The minimum atomic E-state index is -0.216. The molecule has 0 radical (unpaired) electrons. The molecule has 0 aliphatic heterocycles. The highest BCUT2D eigenvalue weighted by Crippen LogP contribution is 2.24. The highest BCUT2D eigenvalue weighted by molar-refractivity contribution is 7.98. The largest absolute Gasteiger partial charge is 0.327 e. The van der Waals surface area contributed by atoms with Gasteiger partial charge in [-0.15, -0.1) is 23.1 Å². The van der Waals surface area contributed by atoms with E-state index in [0.717, 1.165) is 21.2 Å². The van der Waals surface area contributed by atoms with Gasteiger partial charge in [-0.3, -0.25) is 4.79 Å². The molecule has 3 nitrogen and oxygen atoms in total. The Kier molecular flexibility index (Phi) is 5.56. The summed E-state index contributed by atoms with van der Waals surface area (Å²) >= 11 is 9.05. The molecule has 3 rings (SSSR count). The van der Waals surface area contributed by atoms with Crippen molar-refractivity contribution in [3.63, 3.8) is 0 Å². The summed E-state index contributed by atoms with van der Waals surface area (Å²) < 4.78 is 1.84. The number of hydrogen-bond donors (Lipinski definition) is 0. The average Bonchev–Trinajstić information content (AvgIpc) is 2.99. The molecular formula is C18H15ClN2OS2. The number of carbonyl (C=O) groups excluding carboxylic acids is 1. The number of benzene rings is 2. The molecule has 1 amide bonds. The number of nitrogens with zero attached hydrogens (tertiary/aromatic N) is 2. The van der Waals surface area contributed by atoms with E-state index in [0.29, 0.717) is 10.4 Å². The van der Waals surface area contributed by atoms with Crippen LogP contribution in [0.4, 0.5) is 0 Å². The standard InChI is InChI=1S/C18H15ClN2OS2/c1-21-9-10-23-18(21)20-17(22)14-4-2-3-13(11-14)12-24-16-7-5-15(19)6-8-16/h2-11H,12H2,1H3. The summed E-state index contributed by atoms with van der Waals surface area (Å²) in [4.78, 5) is 18.4. The fraction of sp³-hybridized carbons (Fsp3) is 0.111. The number of thiazole rings is 1. The van der Waals surface area contributed by atoms with E-state index in [2.05, 4.69) is 4.99 Å². The van der Waals surface area contributed by atoms with Crippen LogP contribution in [0.3, 0.4) is 0 Å². The summed E-state index contributed by atoms with van der Waals surface area (Å²) in [6.45, 7) is 0. The lowest BCUT2D eigenvalue weighted by Crippen LogP contribution is -2.12. The Bertz CT molecular complexity index is 913. The third kappa shape index (κ3) is 4.38. The fourth-order valence-corrected chi connectivity index (χ4v) is 3.77. The van der Waals surface area contributed by atoms with Gasteiger partial charge in [0.1, 0.15) is 0 Å². The summed E-state index contributed by atoms with van der Waals surface area (Å²) in [6, 6.07) is 15.4. The van der Waals surface area contributed by atoms with Crippen molar-refractivity contribution >= 4 is 40.6 Å². The smallest absolute Gasteiger partial charge is 0.279 e. The van der Waals surface area contributed by atoms with Crippen LogP contribution in [0.15, 0.2) is 70.0 Å². The molecule has 0 aliphatic carbocycles. The Labute approximate surface area is 153 Å².